The number of methoxy groups -OCH3 is 1. The highest BCUT2D eigenvalue weighted by atomic mass is 28.4. The zero-order chi connectivity index (χ0) is 106. The van der Waals surface area contributed by atoms with Crippen molar-refractivity contribution in [3.05, 3.63) is 245 Å². The number of aliphatic hydroxyl groups excluding tert-OH is 4. The van der Waals surface area contributed by atoms with E-state index in [2.05, 4.69) is 301 Å². The molecule has 18 rings (SSSR count). The zero-order valence-electron chi connectivity index (χ0n) is 88.4. The lowest BCUT2D eigenvalue weighted by atomic mass is 10.2. The number of aliphatic hydroxyl groups is 4. The summed E-state index contributed by atoms with van der Waals surface area (Å²) in [5, 5.41) is 47.5. The number of hydrogen-bond donors (Lipinski definition) is 6. The lowest BCUT2D eigenvalue weighted by molar-refractivity contribution is -0.172. The van der Waals surface area contributed by atoms with Crippen LogP contribution in [-0.2, 0) is 51.2 Å². The molecule has 0 aliphatic carbocycles. The van der Waals surface area contributed by atoms with Gasteiger partial charge in [0.05, 0.1) is 102 Å². The van der Waals surface area contributed by atoms with E-state index in [9.17, 15) is 15.3 Å². The smallest absolute Gasteiger partial charge is 0.261 e. The molecule has 12 heterocycles. The molecule has 790 valence electrons. The van der Waals surface area contributed by atoms with E-state index in [1.807, 2.05) is 118 Å². The van der Waals surface area contributed by atoms with Crippen molar-refractivity contribution in [2.45, 2.75) is 217 Å². The Morgan fingerprint density at radius 2 is 0.709 bits per heavy atom. The molecule has 8 aromatic heterocycles. The first kappa shape index (κ1) is 113. The van der Waals surface area contributed by atoms with Gasteiger partial charge in [-0.1, -0.05) is 251 Å². The van der Waals surface area contributed by atoms with E-state index in [1.54, 1.807) is 54.2 Å². The molecule has 0 bridgehead atoms. The first-order valence-corrected chi connectivity index (χ1v) is 55.5. The Morgan fingerprint density at radius 3 is 0.980 bits per heavy atom. The van der Waals surface area contributed by atoms with Gasteiger partial charge in [-0.3, -0.25) is 23.2 Å². The summed E-state index contributed by atoms with van der Waals surface area (Å²) < 4.78 is 75.3. The number of aliphatic imine (C=N–C) groups is 2. The van der Waals surface area contributed by atoms with E-state index in [0.29, 0.717) is 107 Å². The molecule has 38 nitrogen and oxygen atoms in total. The van der Waals surface area contributed by atoms with E-state index in [4.69, 9.17) is 63.0 Å². The van der Waals surface area contributed by atoms with E-state index in [1.165, 1.54) is 62.7 Å². The van der Waals surface area contributed by atoms with Crippen molar-refractivity contribution in [3.63, 3.8) is 0 Å². The fourth-order valence-corrected chi connectivity index (χ4v) is 32.5. The Hall–Kier alpha value is -12.3. The highest BCUT2D eigenvalue weighted by Crippen LogP contribution is 2.44. The van der Waals surface area contributed by atoms with Crippen LogP contribution in [0.15, 0.2) is 255 Å². The largest absolute Gasteiger partial charge is 0.502 e. The fourth-order valence-electron chi connectivity index (χ4n) is 18.8. The monoisotopic (exact) mass is 2080 g/mol. The minimum Gasteiger partial charge on any atom is -0.502 e. The van der Waals surface area contributed by atoms with Crippen LogP contribution in [0.1, 0.15) is 141 Å². The zero-order valence-corrected chi connectivity index (χ0v) is 91.4. The van der Waals surface area contributed by atoms with Crippen LogP contribution in [0.2, 0.25) is 15.1 Å². The molecule has 0 saturated carbocycles. The van der Waals surface area contributed by atoms with Crippen molar-refractivity contribution < 1.29 is 71.6 Å². The number of nitrogen functional groups attached to an aromatic ring is 2. The van der Waals surface area contributed by atoms with Gasteiger partial charge in [-0.05, 0) is 88.0 Å². The van der Waals surface area contributed by atoms with E-state index >= 15 is 0 Å². The number of fused-ring (bicyclic) bond motifs is 4. The Balaban J connectivity index is 0.000000163. The summed E-state index contributed by atoms with van der Waals surface area (Å²) in [5.74, 6) is 1.61. The van der Waals surface area contributed by atoms with E-state index in [0.717, 1.165) is 6.61 Å². The maximum Gasteiger partial charge on any atom is 0.261 e. The molecule has 41 heteroatoms. The van der Waals surface area contributed by atoms with Crippen molar-refractivity contribution in [2.24, 2.45) is 9.98 Å². The van der Waals surface area contributed by atoms with Gasteiger partial charge in [-0.25, -0.2) is 69.8 Å². The summed E-state index contributed by atoms with van der Waals surface area (Å²) in [6.07, 6.45) is 12.9. The lowest BCUT2D eigenvalue weighted by Gasteiger charge is -2.43. The Kier molecular flexibility index (Phi) is 39.1. The van der Waals surface area contributed by atoms with Crippen LogP contribution in [-0.4, -0.2) is 301 Å². The van der Waals surface area contributed by atoms with Crippen molar-refractivity contribution in [1.29, 1.82) is 0 Å². The standard InChI is InChI=1S/C33H44N6O4Si.C29H36N6O3Si.C26H31N5O3Si.C10H13N5O3.C5H13NO.C4H8O/c1-8-40-24(2)42-27-19-29(39-23-36-30-31(37-22-38(6)7)34-21-35-32(30)39)43-28(27)20-41-44(33(3,4)5,25-15-11-9-12-16-25)26-17-13-10-14-18-26;1-29(2,3)39(21-12-8-6-9-13-21,22-14-10-7-11-15-22)37-17-24-23(36)16-25(38-24)35-20-32-26-27(33-19-34(4)5)30-18-31-28(26)35;1-26(2,3)35(18-10-6-4-7-11-18,19-12-8-5-9-13-19)33-15-21-20(32)14-22(34-21)31-17-30-23-24(27)28-16-29-25(23)31;11-9-8-10(13-3-12-9)15(4-14-8)7-1-5(17)6(2-16)18-7;1-5(7-4)6(2)3;1-3-5-4-2/h9-18,21-24,27-29H,8,19-20H2,1-7H3;6-15,18-20,23-25,36H,16-17H2,1-5H3;4-13,16-17,20-22,32H,14-15H2,1-3H3,(H2,27,28,29);3-7,16-17H,1-2H2,(H2,11,12,13);5H,1-4H3;3H,1,4H2,2H3/t24?,27?,28-,29-;23?,24-,25-;20?,21-,22-;5?,6-,7-;;/m1111../s1. The molecular weight excluding hydrogens is 1930 g/mol. The molecule has 148 heavy (non-hydrogen) atoms. The van der Waals surface area contributed by atoms with Gasteiger partial charge in [0.2, 0.25) is 0 Å². The van der Waals surface area contributed by atoms with Gasteiger partial charge in [-0.15, -0.1) is 0 Å². The predicted octanol–water partition coefficient (Wildman–Crippen LogP) is 11.3. The highest BCUT2D eigenvalue weighted by Gasteiger charge is 2.55. The Bertz CT molecular complexity index is 6410. The Morgan fingerprint density at radius 1 is 0.419 bits per heavy atom. The first-order chi connectivity index (χ1) is 70.9. The molecule has 4 aliphatic rings. The molecule has 6 unspecified atom stereocenters. The predicted molar refractivity (Wildman–Crippen MR) is 582 cm³/mol. The van der Waals surface area contributed by atoms with Gasteiger partial charge in [0, 0.05) is 67.6 Å². The van der Waals surface area contributed by atoms with Gasteiger partial charge < -0.3 is 92.9 Å². The molecule has 6 aromatic carbocycles. The van der Waals surface area contributed by atoms with Gasteiger partial charge >= 0.3 is 0 Å². The molecule has 0 amide bonds. The molecule has 0 spiro atoms. The van der Waals surface area contributed by atoms with Crippen LogP contribution in [0.4, 0.5) is 23.3 Å². The number of benzene rings is 6. The number of imidazole rings is 4. The fraction of sp³-hybridized carbons (Fsp3) is 0.439. The first-order valence-electron chi connectivity index (χ1n) is 49.8. The molecule has 4 saturated heterocycles. The SMILES string of the molecule is C=COCC.CC(C)(C)[Si](OC[C@H]1O[C@@H](n2cnc3c(N)ncnc32)CC1O)(c1ccccc1)c1ccccc1.CCOC(C)OC1C[C@H](n2cnc3c(N=CN(C)C)ncnc32)O[C@@H]1CO[Si](c1ccccc1)(c1ccccc1)C(C)(C)C.CN(C)C=Nc1ncnc2c1ncn2[C@H]1CC(O)[C@@H](CO[Si](c2ccccc2)(c2ccccc2)C(C)(C)C)O1.COC(C)N(C)C.Nc1ncnc2c1ncn2[C@H]1CC(O)[C@@H](CO)O1. The van der Waals surface area contributed by atoms with Crippen LogP contribution in [0.25, 0.3) is 44.7 Å². The minimum absolute atomic E-state index is 0.159. The molecule has 14 aromatic rings. The maximum atomic E-state index is 11.1. The lowest BCUT2D eigenvalue weighted by Crippen LogP contribution is -2.67. The van der Waals surface area contributed by atoms with Crippen molar-refractivity contribution in [3.8, 4) is 0 Å². The third-order valence-corrected chi connectivity index (χ3v) is 41.3. The summed E-state index contributed by atoms with van der Waals surface area (Å²) in [6.45, 7) is 33.3. The van der Waals surface area contributed by atoms with Crippen LogP contribution in [0.3, 0.4) is 0 Å². The second kappa shape index (κ2) is 51.2. The van der Waals surface area contributed by atoms with Crippen molar-refractivity contribution >= 4 is 137 Å². The van der Waals surface area contributed by atoms with Crippen LogP contribution in [0.5, 0.6) is 0 Å². The summed E-state index contributed by atoms with van der Waals surface area (Å²) >= 11 is 0. The van der Waals surface area contributed by atoms with E-state index < -0.39 is 86.5 Å². The molecule has 0 radical (unpaired) electrons. The molecule has 4 fully saturated rings. The number of ether oxygens (including phenoxy) is 8. The van der Waals surface area contributed by atoms with E-state index in [-0.39, 0.29) is 59.6 Å². The summed E-state index contributed by atoms with van der Waals surface area (Å²) in [4.78, 5) is 66.0. The number of nitrogens with zero attached hydrogens (tertiary/aromatic N) is 21. The molecule has 8 N–H and O–H groups in total. The number of anilines is 2. The van der Waals surface area contributed by atoms with Crippen LogP contribution >= 0.6 is 0 Å². The van der Waals surface area contributed by atoms with Crippen LogP contribution in [0, 0.1) is 0 Å². The normalized spacial score (nSPS) is 20.6. The summed E-state index contributed by atoms with van der Waals surface area (Å²) in [7, 11) is 4.99. The molecule has 4 aliphatic heterocycles. The number of rotatable bonds is 32. The van der Waals surface area contributed by atoms with Crippen molar-refractivity contribution in [2.75, 3.05) is 101 Å². The minimum atomic E-state index is -2.79. The summed E-state index contributed by atoms with van der Waals surface area (Å²) in [5.41, 5.74) is 16.3. The van der Waals surface area contributed by atoms with Gasteiger partial charge in [0.1, 0.15) is 91.9 Å². The number of nitrogens with two attached hydrogens (primary N) is 2. The second-order valence-corrected chi connectivity index (χ2v) is 52.9. The Labute approximate surface area is 869 Å². The topological polar surface area (TPSA) is 443 Å². The van der Waals surface area contributed by atoms with Crippen LogP contribution < -0.4 is 42.6 Å². The maximum absolute atomic E-state index is 11.1. The van der Waals surface area contributed by atoms with Gasteiger partial charge in [0.15, 0.2) is 63.2 Å². The quantitative estimate of drug-likeness (QED) is 0.00750. The molecule has 14 atom stereocenters. The second-order valence-electron chi connectivity index (χ2n) is 40.0. The third kappa shape index (κ3) is 26.2. The number of aromatic nitrogens is 16. The molecular formula is C107H145N23O15Si3. The summed E-state index contributed by atoms with van der Waals surface area (Å²) in [6, 6.07) is 63.1. The van der Waals surface area contributed by atoms with Gasteiger partial charge in [-0.2, -0.15) is 0 Å². The van der Waals surface area contributed by atoms with Crippen molar-refractivity contribution in [1.82, 2.24) is 92.8 Å². The number of hydrogen-bond acceptors (Lipinski definition) is 32. The highest BCUT2D eigenvalue weighted by molar-refractivity contribution is 7.00. The third-order valence-electron chi connectivity index (χ3n) is 26.3. The van der Waals surface area contributed by atoms with Gasteiger partial charge in [0.25, 0.3) is 25.0 Å². The average Bonchev–Trinajstić information content (AvgIpc) is 0.961. The average molecular weight is 2080 g/mol.